The molecule has 2 amide bonds. The fourth-order valence-corrected chi connectivity index (χ4v) is 8.67. The molecule has 286 valence electrons. The number of hydrogen-bond donors (Lipinski definition) is 1. The maximum Gasteiger partial charge on any atom is 0.412 e. The number of carbonyl (C=O) groups excluding carboxylic acids is 2. The van der Waals surface area contributed by atoms with Crippen molar-refractivity contribution in [1.82, 2.24) is 14.9 Å². The van der Waals surface area contributed by atoms with Crippen molar-refractivity contribution >= 4 is 66.9 Å². The van der Waals surface area contributed by atoms with Gasteiger partial charge in [-0.2, -0.15) is 15.2 Å². The molecular formula is C38H41ClF2N6O6S. The van der Waals surface area contributed by atoms with Crippen molar-refractivity contribution in [3.63, 3.8) is 0 Å². The molecule has 0 saturated carbocycles. The normalized spacial score (nSPS) is 19.3. The second-order valence-corrected chi connectivity index (χ2v) is 17.2. The summed E-state index contributed by atoms with van der Waals surface area (Å²) in [4.78, 5) is 39.1. The third-order valence-electron chi connectivity index (χ3n) is 9.46. The second-order valence-electron chi connectivity index (χ2n) is 15.7. The number of benzene rings is 2. The Kier molecular flexibility index (Phi) is 9.99. The van der Waals surface area contributed by atoms with Gasteiger partial charge in [-0.1, -0.05) is 17.7 Å². The van der Waals surface area contributed by atoms with Crippen molar-refractivity contribution in [3.8, 4) is 23.2 Å². The number of nitriles is 1. The van der Waals surface area contributed by atoms with E-state index in [9.17, 15) is 14.9 Å². The van der Waals surface area contributed by atoms with E-state index in [-0.39, 0.29) is 72.6 Å². The van der Waals surface area contributed by atoms with Crippen LogP contribution in [0.4, 0.5) is 29.2 Å². The lowest BCUT2D eigenvalue weighted by atomic mass is 9.97. The van der Waals surface area contributed by atoms with Crippen LogP contribution in [0.25, 0.3) is 32.1 Å². The Hall–Kier alpha value is -4.52. The summed E-state index contributed by atoms with van der Waals surface area (Å²) in [6, 6.07) is 5.78. The number of thiophene rings is 1. The number of hydrogen-bond acceptors (Lipinski definition) is 11. The number of fused-ring (bicyclic) bond motifs is 4. The van der Waals surface area contributed by atoms with Crippen LogP contribution in [0.2, 0.25) is 5.02 Å². The summed E-state index contributed by atoms with van der Waals surface area (Å²) in [7, 11) is 0. The second kappa shape index (κ2) is 14.3. The van der Waals surface area contributed by atoms with E-state index in [1.165, 1.54) is 6.07 Å². The molecule has 7 rings (SSSR count). The van der Waals surface area contributed by atoms with E-state index in [0.717, 1.165) is 30.2 Å². The molecular weight excluding hydrogens is 742 g/mol. The number of nitrogens with zero attached hydrogens (tertiary/aromatic N) is 5. The number of amides is 2. The molecule has 3 saturated heterocycles. The van der Waals surface area contributed by atoms with Gasteiger partial charge in [0.25, 0.3) is 0 Å². The summed E-state index contributed by atoms with van der Waals surface area (Å²) in [6.07, 6.45) is 1.28. The summed E-state index contributed by atoms with van der Waals surface area (Å²) in [5, 5.41) is 13.3. The van der Waals surface area contributed by atoms with Gasteiger partial charge in [0.1, 0.15) is 45.5 Å². The van der Waals surface area contributed by atoms with Gasteiger partial charge in [0, 0.05) is 42.3 Å². The molecule has 3 aliphatic rings. The van der Waals surface area contributed by atoms with Crippen LogP contribution in [0.3, 0.4) is 0 Å². The maximum absolute atomic E-state index is 17.3. The number of anilines is 2. The molecule has 3 fully saturated rings. The van der Waals surface area contributed by atoms with Gasteiger partial charge >= 0.3 is 18.2 Å². The summed E-state index contributed by atoms with van der Waals surface area (Å²) in [5.74, 6) is -1.09. The molecule has 5 heterocycles. The molecule has 0 radical (unpaired) electrons. The first-order valence-corrected chi connectivity index (χ1v) is 19.1. The Bertz CT molecular complexity index is 2180. The van der Waals surface area contributed by atoms with E-state index in [0.29, 0.717) is 50.3 Å². The molecule has 2 bridgehead atoms. The van der Waals surface area contributed by atoms with Crippen molar-refractivity contribution in [2.24, 2.45) is 0 Å². The molecule has 2 aromatic heterocycles. The predicted octanol–water partition coefficient (Wildman–Crippen LogP) is 8.81. The van der Waals surface area contributed by atoms with Crippen molar-refractivity contribution in [2.45, 2.75) is 96.6 Å². The maximum atomic E-state index is 17.3. The molecule has 0 unspecified atom stereocenters. The van der Waals surface area contributed by atoms with Crippen molar-refractivity contribution in [2.75, 3.05) is 36.5 Å². The van der Waals surface area contributed by atoms with Crippen LogP contribution in [-0.4, -0.2) is 82.7 Å². The third-order valence-corrected chi connectivity index (χ3v) is 10.9. The van der Waals surface area contributed by atoms with Crippen LogP contribution in [-0.2, 0) is 14.2 Å². The zero-order chi connectivity index (χ0) is 38.7. The largest absolute Gasteiger partial charge is 0.460 e. The highest BCUT2D eigenvalue weighted by Crippen LogP contribution is 2.47. The fourth-order valence-electron chi connectivity index (χ4n) is 7.30. The Balaban J connectivity index is 1.34. The van der Waals surface area contributed by atoms with E-state index >= 15 is 8.78 Å². The molecule has 2 atom stereocenters. The lowest BCUT2D eigenvalue weighted by molar-refractivity contribution is 0.0121. The molecule has 3 aliphatic heterocycles. The highest BCUT2D eigenvalue weighted by molar-refractivity contribution is 7.23. The molecule has 1 N–H and O–H groups in total. The lowest BCUT2D eigenvalue weighted by Gasteiger charge is -2.42. The van der Waals surface area contributed by atoms with Crippen molar-refractivity contribution < 1.29 is 37.3 Å². The minimum absolute atomic E-state index is 0.0240. The van der Waals surface area contributed by atoms with Gasteiger partial charge in [-0.05, 0) is 72.1 Å². The summed E-state index contributed by atoms with van der Waals surface area (Å²) in [5.41, 5.74) is -1.61. The fraction of sp³-hybridized carbons (Fsp3) is 0.500. The number of carbonyl (C=O) groups is 2. The predicted molar refractivity (Wildman–Crippen MR) is 201 cm³/mol. The Morgan fingerprint density at radius 3 is 2.31 bits per heavy atom. The van der Waals surface area contributed by atoms with Gasteiger partial charge in [0.2, 0.25) is 0 Å². The van der Waals surface area contributed by atoms with Crippen LogP contribution in [0, 0.1) is 23.0 Å². The number of halogens is 3. The van der Waals surface area contributed by atoms with E-state index < -0.39 is 28.9 Å². The molecule has 0 aliphatic carbocycles. The number of rotatable bonds is 5. The van der Waals surface area contributed by atoms with Crippen molar-refractivity contribution in [1.29, 1.82) is 5.26 Å². The first-order valence-electron chi connectivity index (χ1n) is 17.9. The van der Waals surface area contributed by atoms with E-state index in [1.54, 1.807) is 31.7 Å². The van der Waals surface area contributed by atoms with Gasteiger partial charge in [-0.25, -0.2) is 18.4 Å². The summed E-state index contributed by atoms with van der Waals surface area (Å²) in [6.45, 7) is 12.4. The quantitative estimate of drug-likeness (QED) is 0.209. The van der Waals surface area contributed by atoms with Gasteiger partial charge in [0.05, 0.1) is 40.6 Å². The number of ether oxygens (including phenoxy) is 4. The topological polar surface area (TPSA) is 139 Å². The number of nitrogens with one attached hydrogen (secondary N) is 1. The lowest BCUT2D eigenvalue weighted by Crippen LogP contribution is -2.57. The Morgan fingerprint density at radius 2 is 1.69 bits per heavy atom. The SMILES string of the molecule is CC(C)(C)OC(=O)Nc1sc2c(F)ccc(-c3c(Cl)cc4c(N5C[C@H]6CC[C@@H](C5)N6C(=O)OC(C)(C)C)nc(OC5CCOCC5)nc4c3F)c2c1C#N. The van der Waals surface area contributed by atoms with Crippen LogP contribution >= 0.6 is 22.9 Å². The van der Waals surface area contributed by atoms with E-state index in [1.807, 2.05) is 25.7 Å². The highest BCUT2D eigenvalue weighted by Gasteiger charge is 2.45. The van der Waals surface area contributed by atoms with Crippen molar-refractivity contribution in [3.05, 3.63) is 40.4 Å². The average Bonchev–Trinajstić information content (AvgIpc) is 3.58. The highest BCUT2D eigenvalue weighted by atomic mass is 35.5. The van der Waals surface area contributed by atoms with Gasteiger partial charge in [0.15, 0.2) is 5.82 Å². The Morgan fingerprint density at radius 1 is 1.02 bits per heavy atom. The first-order chi connectivity index (χ1) is 25.5. The van der Waals surface area contributed by atoms with Crippen LogP contribution in [0.5, 0.6) is 6.01 Å². The molecule has 2 aromatic carbocycles. The number of piperazine rings is 1. The first kappa shape index (κ1) is 37.8. The molecule has 16 heteroatoms. The van der Waals surface area contributed by atoms with E-state index in [4.69, 9.17) is 35.5 Å². The van der Waals surface area contributed by atoms with Gasteiger partial charge < -0.3 is 23.8 Å². The molecule has 0 spiro atoms. The zero-order valence-electron chi connectivity index (χ0n) is 30.8. The van der Waals surface area contributed by atoms with Crippen LogP contribution in [0.1, 0.15) is 72.8 Å². The standard InChI is InChI=1S/C38H41ClF2N6O6S/c1-37(2,3)52-35(48)45-33-24(16-42)27-22(9-10-26(40)31(27)54-33)28-25(39)15-23-30(29(28)41)43-34(51-21-11-13-50-14-12-21)44-32(23)46-17-19-7-8-20(18-46)47(19)36(49)53-38(4,5)6/h9-10,15,19-21H,7-8,11-14,17-18H2,1-6H3,(H,45,48)/t19-,20+. The smallest absolute Gasteiger partial charge is 0.412 e. The number of aromatic nitrogens is 2. The van der Waals surface area contributed by atoms with Crippen LogP contribution < -0.4 is 15.0 Å². The van der Waals surface area contributed by atoms with Gasteiger partial charge in [-0.3, -0.25) is 10.2 Å². The van der Waals surface area contributed by atoms with Crippen LogP contribution in [0.15, 0.2) is 18.2 Å². The van der Waals surface area contributed by atoms with E-state index in [2.05, 4.69) is 16.4 Å². The minimum Gasteiger partial charge on any atom is -0.460 e. The summed E-state index contributed by atoms with van der Waals surface area (Å²) < 4.78 is 55.5. The monoisotopic (exact) mass is 782 g/mol. The zero-order valence-corrected chi connectivity index (χ0v) is 32.4. The third kappa shape index (κ3) is 7.43. The van der Waals surface area contributed by atoms with Gasteiger partial charge in [-0.15, -0.1) is 11.3 Å². The minimum atomic E-state index is -0.830. The Labute approximate surface area is 320 Å². The molecule has 54 heavy (non-hydrogen) atoms. The summed E-state index contributed by atoms with van der Waals surface area (Å²) >= 11 is 7.79. The molecule has 4 aromatic rings. The average molecular weight is 783 g/mol. The molecule has 12 nitrogen and oxygen atoms in total.